The highest BCUT2D eigenvalue weighted by Crippen LogP contribution is 2.26. The van der Waals surface area contributed by atoms with E-state index in [1.807, 2.05) is 18.2 Å². The number of thioether (sulfide) groups is 1. The van der Waals surface area contributed by atoms with Gasteiger partial charge in [0.05, 0.1) is 26.1 Å². The number of hydrogen-bond donors (Lipinski definition) is 0. The van der Waals surface area contributed by atoms with Crippen LogP contribution in [0.3, 0.4) is 0 Å². The first-order valence-electron chi connectivity index (χ1n) is 7.83. The number of benzene rings is 1. The number of amides is 1. The van der Waals surface area contributed by atoms with Crippen molar-refractivity contribution in [3.05, 3.63) is 30.2 Å². The van der Waals surface area contributed by atoms with Crippen LogP contribution in [0.4, 0.5) is 0 Å². The normalized spacial score (nSPS) is 14.4. The first kappa shape index (κ1) is 17.6. The van der Waals surface area contributed by atoms with Gasteiger partial charge in [-0.15, -0.1) is 10.2 Å². The van der Waals surface area contributed by atoms with Crippen LogP contribution in [-0.2, 0) is 16.1 Å². The largest absolute Gasteiger partial charge is 0.493 e. The maximum atomic E-state index is 12.1. The lowest BCUT2D eigenvalue weighted by Crippen LogP contribution is -2.41. The fraction of sp³-hybridized carbons (Fsp3) is 0.438. The zero-order chi connectivity index (χ0) is 17.5. The highest BCUT2D eigenvalue weighted by molar-refractivity contribution is 7.99. The van der Waals surface area contributed by atoms with E-state index in [-0.39, 0.29) is 18.3 Å². The van der Waals surface area contributed by atoms with E-state index >= 15 is 0 Å². The summed E-state index contributed by atoms with van der Waals surface area (Å²) in [5.41, 5.74) is 0. The Morgan fingerprint density at radius 2 is 2.00 bits per heavy atom. The number of nitrogens with zero attached hydrogens (tertiary/aromatic N) is 3. The van der Waals surface area contributed by atoms with Gasteiger partial charge in [-0.05, 0) is 12.1 Å². The summed E-state index contributed by atoms with van der Waals surface area (Å²) in [5, 5.41) is 8.20. The topological polar surface area (TPSA) is 86.9 Å². The maximum absolute atomic E-state index is 12.1. The van der Waals surface area contributed by atoms with Gasteiger partial charge in [-0.25, -0.2) is 0 Å². The predicted octanol–water partition coefficient (Wildman–Crippen LogP) is 1.61. The third-order valence-corrected chi connectivity index (χ3v) is 4.35. The Balaban J connectivity index is 1.48. The molecule has 1 saturated heterocycles. The number of aromatic nitrogens is 2. The number of ether oxygens (including phenoxy) is 3. The van der Waals surface area contributed by atoms with E-state index in [0.717, 1.165) is 0 Å². The zero-order valence-corrected chi connectivity index (χ0v) is 14.7. The molecule has 0 radical (unpaired) electrons. The Morgan fingerprint density at radius 1 is 1.24 bits per heavy atom. The van der Waals surface area contributed by atoms with E-state index in [1.54, 1.807) is 18.1 Å². The van der Waals surface area contributed by atoms with Crippen molar-refractivity contribution in [1.29, 1.82) is 0 Å². The van der Waals surface area contributed by atoms with Crippen molar-refractivity contribution in [3.8, 4) is 11.5 Å². The SMILES string of the molecule is COc1ccccc1OCc1nnc(SCC(=O)N2CCOCC2)o1. The average molecular weight is 365 g/mol. The molecule has 0 spiro atoms. The lowest BCUT2D eigenvalue weighted by Gasteiger charge is -2.26. The quantitative estimate of drug-likeness (QED) is 0.684. The van der Waals surface area contributed by atoms with Crippen LogP contribution in [0.2, 0.25) is 0 Å². The minimum absolute atomic E-state index is 0.0401. The van der Waals surface area contributed by atoms with Crippen molar-refractivity contribution < 1.29 is 23.4 Å². The van der Waals surface area contributed by atoms with Crippen LogP contribution in [0.1, 0.15) is 5.89 Å². The van der Waals surface area contributed by atoms with Crippen LogP contribution in [-0.4, -0.2) is 60.2 Å². The molecule has 1 aliphatic rings. The first-order valence-corrected chi connectivity index (χ1v) is 8.81. The number of para-hydroxylation sites is 2. The molecule has 1 aromatic heterocycles. The number of carbonyl (C=O) groups excluding carboxylic acids is 1. The van der Waals surface area contributed by atoms with E-state index in [4.69, 9.17) is 18.6 Å². The Kier molecular flexibility index (Phi) is 6.13. The smallest absolute Gasteiger partial charge is 0.277 e. The fourth-order valence-corrected chi connectivity index (χ4v) is 2.94. The first-order chi connectivity index (χ1) is 12.3. The van der Waals surface area contributed by atoms with E-state index in [0.29, 0.717) is 48.9 Å². The molecule has 25 heavy (non-hydrogen) atoms. The van der Waals surface area contributed by atoms with Crippen molar-refractivity contribution in [2.45, 2.75) is 11.8 Å². The molecule has 0 unspecified atom stereocenters. The summed E-state index contributed by atoms with van der Waals surface area (Å²) in [6.07, 6.45) is 0. The second kappa shape index (κ2) is 8.72. The van der Waals surface area contributed by atoms with Crippen LogP contribution in [0, 0.1) is 0 Å². The molecule has 1 amide bonds. The summed E-state index contributed by atoms with van der Waals surface area (Å²) in [7, 11) is 1.58. The van der Waals surface area contributed by atoms with Crippen molar-refractivity contribution in [2.75, 3.05) is 39.2 Å². The van der Waals surface area contributed by atoms with Crippen LogP contribution in [0.5, 0.6) is 11.5 Å². The molecule has 0 N–H and O–H groups in total. The number of rotatable bonds is 7. The minimum atomic E-state index is 0.0401. The summed E-state index contributed by atoms with van der Waals surface area (Å²) in [5.74, 6) is 1.87. The van der Waals surface area contributed by atoms with Gasteiger partial charge in [0.15, 0.2) is 18.1 Å². The molecule has 0 saturated carbocycles. The van der Waals surface area contributed by atoms with Gasteiger partial charge < -0.3 is 23.5 Å². The van der Waals surface area contributed by atoms with Gasteiger partial charge >= 0.3 is 0 Å². The molecule has 0 aliphatic carbocycles. The monoisotopic (exact) mass is 365 g/mol. The summed E-state index contributed by atoms with van der Waals surface area (Å²) in [4.78, 5) is 13.9. The van der Waals surface area contributed by atoms with Gasteiger partial charge in [0.2, 0.25) is 5.91 Å². The molecule has 8 nitrogen and oxygen atoms in total. The van der Waals surface area contributed by atoms with Crippen LogP contribution in [0.15, 0.2) is 33.9 Å². The fourth-order valence-electron chi connectivity index (χ4n) is 2.26. The van der Waals surface area contributed by atoms with Gasteiger partial charge in [0.1, 0.15) is 0 Å². The third-order valence-electron chi connectivity index (χ3n) is 3.55. The maximum Gasteiger partial charge on any atom is 0.277 e. The zero-order valence-electron chi connectivity index (χ0n) is 13.8. The van der Waals surface area contributed by atoms with Crippen LogP contribution in [0.25, 0.3) is 0 Å². The minimum Gasteiger partial charge on any atom is -0.493 e. The molecule has 0 bridgehead atoms. The molecule has 9 heteroatoms. The van der Waals surface area contributed by atoms with Crippen LogP contribution >= 0.6 is 11.8 Å². The predicted molar refractivity (Wildman–Crippen MR) is 89.7 cm³/mol. The van der Waals surface area contributed by atoms with Crippen molar-refractivity contribution in [2.24, 2.45) is 0 Å². The molecule has 0 atom stereocenters. The van der Waals surface area contributed by atoms with E-state index in [2.05, 4.69) is 10.2 Å². The summed E-state index contributed by atoms with van der Waals surface area (Å²) in [6.45, 7) is 2.55. The van der Waals surface area contributed by atoms with Gasteiger partial charge in [-0.1, -0.05) is 23.9 Å². The molecule has 1 fully saturated rings. The highest BCUT2D eigenvalue weighted by atomic mass is 32.2. The van der Waals surface area contributed by atoms with Crippen molar-refractivity contribution in [3.63, 3.8) is 0 Å². The van der Waals surface area contributed by atoms with Gasteiger partial charge in [0, 0.05) is 13.1 Å². The Morgan fingerprint density at radius 3 is 2.76 bits per heavy atom. The van der Waals surface area contributed by atoms with Gasteiger partial charge in [0.25, 0.3) is 11.1 Å². The molecule has 2 heterocycles. The van der Waals surface area contributed by atoms with E-state index in [9.17, 15) is 4.79 Å². The molecule has 1 aromatic carbocycles. The van der Waals surface area contributed by atoms with Gasteiger partial charge in [-0.2, -0.15) is 0 Å². The number of methoxy groups -OCH3 is 1. The Labute approximate surface area is 149 Å². The summed E-state index contributed by atoms with van der Waals surface area (Å²) in [6, 6.07) is 7.32. The Bertz CT molecular complexity index is 703. The molecular formula is C16H19N3O5S. The lowest BCUT2D eigenvalue weighted by atomic mass is 10.3. The van der Waals surface area contributed by atoms with E-state index in [1.165, 1.54) is 11.8 Å². The summed E-state index contributed by atoms with van der Waals surface area (Å²) >= 11 is 1.22. The van der Waals surface area contributed by atoms with Gasteiger partial charge in [-0.3, -0.25) is 4.79 Å². The number of morpholine rings is 1. The Hall–Kier alpha value is -2.26. The highest BCUT2D eigenvalue weighted by Gasteiger charge is 2.18. The average Bonchev–Trinajstić information content (AvgIpc) is 3.13. The number of hydrogen-bond acceptors (Lipinski definition) is 8. The van der Waals surface area contributed by atoms with Crippen molar-refractivity contribution >= 4 is 17.7 Å². The van der Waals surface area contributed by atoms with E-state index < -0.39 is 0 Å². The molecular weight excluding hydrogens is 346 g/mol. The number of carbonyl (C=O) groups is 1. The molecule has 1 aliphatic heterocycles. The van der Waals surface area contributed by atoms with Crippen molar-refractivity contribution in [1.82, 2.24) is 15.1 Å². The molecule has 134 valence electrons. The third kappa shape index (κ3) is 4.86. The standard InChI is InChI=1S/C16H19N3O5S/c1-21-12-4-2-3-5-13(12)23-10-14-17-18-16(24-14)25-11-15(20)19-6-8-22-9-7-19/h2-5H,6-11H2,1H3. The molecule has 3 rings (SSSR count). The summed E-state index contributed by atoms with van der Waals surface area (Å²) < 4.78 is 21.6. The second-order valence-corrected chi connectivity index (χ2v) is 6.11. The van der Waals surface area contributed by atoms with Crippen LogP contribution < -0.4 is 9.47 Å². The second-order valence-electron chi connectivity index (χ2n) is 5.18. The molecule has 2 aromatic rings. The lowest BCUT2D eigenvalue weighted by molar-refractivity contribution is -0.132.